The molecule has 0 saturated carbocycles. The third-order valence-electron chi connectivity index (χ3n) is 7.73. The van der Waals surface area contributed by atoms with E-state index in [1.165, 1.54) is 13.2 Å². The first-order chi connectivity index (χ1) is 19.2. The Morgan fingerprint density at radius 1 is 0.925 bits per heavy atom. The van der Waals surface area contributed by atoms with Gasteiger partial charge in [-0.1, -0.05) is 58.4 Å². The third kappa shape index (κ3) is 7.63. The molecule has 5 nitrogen and oxygen atoms in total. The van der Waals surface area contributed by atoms with Gasteiger partial charge in [-0.25, -0.2) is 4.39 Å². The molecular weight excluding hydrogens is 507 g/mol. The summed E-state index contributed by atoms with van der Waals surface area (Å²) >= 11 is 0. The average molecular weight is 551 g/mol. The lowest BCUT2D eigenvalue weighted by Gasteiger charge is -2.34. The van der Waals surface area contributed by atoms with E-state index in [9.17, 15) is 4.79 Å². The zero-order chi connectivity index (χ0) is 29.3. The first-order valence-corrected chi connectivity index (χ1v) is 14.0. The maximum atomic E-state index is 15.1. The summed E-state index contributed by atoms with van der Waals surface area (Å²) in [5.41, 5.74) is 3.94. The topological polar surface area (TPSA) is 54.0 Å². The van der Waals surface area contributed by atoms with Crippen LogP contribution >= 0.6 is 0 Å². The number of ether oxygens (including phenoxy) is 4. The van der Waals surface area contributed by atoms with E-state index in [1.807, 2.05) is 36.4 Å². The minimum Gasteiger partial charge on any atom is -0.497 e. The molecule has 0 aliphatic heterocycles. The molecule has 0 radical (unpaired) electrons. The molecule has 0 bridgehead atoms. The summed E-state index contributed by atoms with van der Waals surface area (Å²) < 4.78 is 37.7. The van der Waals surface area contributed by atoms with Crippen LogP contribution < -0.4 is 9.47 Å². The van der Waals surface area contributed by atoms with E-state index in [2.05, 4.69) is 33.8 Å². The number of hydrogen-bond acceptors (Lipinski definition) is 5. The second kappa shape index (κ2) is 14.3. The highest BCUT2D eigenvalue weighted by molar-refractivity contribution is 5.71. The predicted molar refractivity (Wildman–Crippen MR) is 157 cm³/mol. The molecule has 40 heavy (non-hydrogen) atoms. The zero-order valence-corrected chi connectivity index (χ0v) is 24.9. The number of halogens is 1. The van der Waals surface area contributed by atoms with Crippen molar-refractivity contribution in [1.29, 1.82) is 0 Å². The van der Waals surface area contributed by atoms with Gasteiger partial charge in [0.15, 0.2) is 0 Å². The summed E-state index contributed by atoms with van der Waals surface area (Å²) in [4.78, 5) is 12.0. The van der Waals surface area contributed by atoms with Gasteiger partial charge in [-0.05, 0) is 82.8 Å². The van der Waals surface area contributed by atoms with Crippen molar-refractivity contribution >= 4 is 5.97 Å². The maximum absolute atomic E-state index is 15.1. The molecule has 0 heterocycles. The summed E-state index contributed by atoms with van der Waals surface area (Å²) in [6.07, 6.45) is 2.80. The molecule has 3 rings (SSSR count). The van der Waals surface area contributed by atoms with Crippen LogP contribution in [0.2, 0.25) is 0 Å². The normalized spacial score (nSPS) is 13.0. The van der Waals surface area contributed by atoms with Crippen LogP contribution in [-0.2, 0) is 20.9 Å². The van der Waals surface area contributed by atoms with Gasteiger partial charge in [-0.3, -0.25) is 4.79 Å². The van der Waals surface area contributed by atoms with Gasteiger partial charge in [0.25, 0.3) is 0 Å². The SMILES string of the molecule is CCC[C@@H](CC(=O)OC)c1cccc(OCc2ccc(-c3cc(OC)ccc3F)c([C@@H](OC)C(C)(C)CC)c2)c1. The van der Waals surface area contributed by atoms with Crippen LogP contribution in [0.25, 0.3) is 11.1 Å². The number of benzene rings is 3. The van der Waals surface area contributed by atoms with Gasteiger partial charge in [0.1, 0.15) is 23.9 Å². The van der Waals surface area contributed by atoms with E-state index in [-0.39, 0.29) is 29.2 Å². The van der Waals surface area contributed by atoms with Crippen LogP contribution in [0.3, 0.4) is 0 Å². The fourth-order valence-electron chi connectivity index (χ4n) is 5.10. The Morgan fingerprint density at radius 2 is 1.70 bits per heavy atom. The van der Waals surface area contributed by atoms with Gasteiger partial charge in [0.05, 0.1) is 26.7 Å². The van der Waals surface area contributed by atoms with Crippen molar-refractivity contribution < 1.29 is 28.1 Å². The van der Waals surface area contributed by atoms with Crippen LogP contribution in [0, 0.1) is 11.2 Å². The molecule has 0 N–H and O–H groups in total. The Kier molecular flexibility index (Phi) is 11.1. The molecule has 0 aliphatic rings. The molecule has 0 amide bonds. The Labute approximate surface area is 238 Å². The summed E-state index contributed by atoms with van der Waals surface area (Å²) in [6.45, 7) is 8.88. The quantitative estimate of drug-likeness (QED) is 0.188. The number of rotatable bonds is 14. The molecule has 0 spiro atoms. The highest BCUT2D eigenvalue weighted by Gasteiger charge is 2.32. The number of carbonyl (C=O) groups is 1. The van der Waals surface area contributed by atoms with E-state index in [0.717, 1.165) is 47.3 Å². The number of hydrogen-bond donors (Lipinski definition) is 0. The van der Waals surface area contributed by atoms with Crippen LogP contribution in [0.15, 0.2) is 60.7 Å². The smallest absolute Gasteiger partial charge is 0.306 e. The largest absolute Gasteiger partial charge is 0.497 e. The average Bonchev–Trinajstić information content (AvgIpc) is 2.96. The standard InChI is InChI=1S/C34H43FO5/c1-8-11-24(20-32(36)38-6)25-12-10-13-27(19-25)40-22-23-14-16-28(29-21-26(37-5)15-17-31(29)35)30(18-23)33(39-7)34(3,4)9-2/h10,12-19,21,24,33H,8-9,11,20,22H2,1-7H3/t24-,33+/m0/s1. The van der Waals surface area contributed by atoms with Gasteiger partial charge in [-0.15, -0.1) is 0 Å². The van der Waals surface area contributed by atoms with Gasteiger partial charge in [0.2, 0.25) is 0 Å². The molecule has 0 fully saturated rings. The zero-order valence-electron chi connectivity index (χ0n) is 24.9. The third-order valence-corrected chi connectivity index (χ3v) is 7.73. The van der Waals surface area contributed by atoms with E-state index in [4.69, 9.17) is 18.9 Å². The monoisotopic (exact) mass is 550 g/mol. The maximum Gasteiger partial charge on any atom is 0.306 e. The summed E-state index contributed by atoms with van der Waals surface area (Å²) in [5, 5.41) is 0. The van der Waals surface area contributed by atoms with Crippen molar-refractivity contribution in [3.05, 3.63) is 83.2 Å². The lowest BCUT2D eigenvalue weighted by molar-refractivity contribution is -0.141. The van der Waals surface area contributed by atoms with Crippen LogP contribution in [0.4, 0.5) is 4.39 Å². The minimum absolute atomic E-state index is 0.0726. The van der Waals surface area contributed by atoms with Crippen molar-refractivity contribution in [3.63, 3.8) is 0 Å². The molecule has 216 valence electrons. The molecule has 0 aromatic heterocycles. The number of methoxy groups -OCH3 is 3. The van der Waals surface area contributed by atoms with Gasteiger partial charge < -0.3 is 18.9 Å². The van der Waals surface area contributed by atoms with Crippen molar-refractivity contribution in [3.8, 4) is 22.6 Å². The molecule has 6 heteroatoms. The second-order valence-corrected chi connectivity index (χ2v) is 10.9. The van der Waals surface area contributed by atoms with Gasteiger partial charge in [-0.2, -0.15) is 0 Å². The highest BCUT2D eigenvalue weighted by Crippen LogP contribution is 2.44. The van der Waals surface area contributed by atoms with Crippen molar-refractivity contribution in [1.82, 2.24) is 0 Å². The van der Waals surface area contributed by atoms with Crippen molar-refractivity contribution in [2.24, 2.45) is 5.41 Å². The lowest BCUT2D eigenvalue weighted by atomic mass is 9.77. The Balaban J connectivity index is 1.96. The van der Waals surface area contributed by atoms with Crippen LogP contribution in [-0.4, -0.2) is 27.3 Å². The van der Waals surface area contributed by atoms with Crippen molar-refractivity contribution in [2.45, 2.75) is 72.0 Å². The fourth-order valence-corrected chi connectivity index (χ4v) is 5.10. The first-order valence-electron chi connectivity index (χ1n) is 14.0. The Morgan fingerprint density at radius 3 is 2.35 bits per heavy atom. The summed E-state index contributed by atoms with van der Waals surface area (Å²) in [5.74, 6) is 0.855. The van der Waals surface area contributed by atoms with E-state index >= 15 is 4.39 Å². The second-order valence-electron chi connectivity index (χ2n) is 10.9. The Hall–Kier alpha value is -3.38. The molecule has 3 aromatic carbocycles. The number of carbonyl (C=O) groups excluding carboxylic acids is 1. The summed E-state index contributed by atoms with van der Waals surface area (Å²) in [6, 6.07) is 18.6. The number of esters is 1. The molecule has 0 saturated heterocycles. The van der Waals surface area contributed by atoms with Crippen LogP contribution in [0.5, 0.6) is 11.5 Å². The Bertz CT molecular complexity index is 1270. The lowest BCUT2D eigenvalue weighted by Crippen LogP contribution is -2.24. The van der Waals surface area contributed by atoms with Gasteiger partial charge in [0, 0.05) is 12.7 Å². The van der Waals surface area contributed by atoms with Gasteiger partial charge >= 0.3 is 5.97 Å². The molecule has 0 unspecified atom stereocenters. The molecule has 2 atom stereocenters. The molecule has 0 aliphatic carbocycles. The van der Waals surface area contributed by atoms with Crippen LogP contribution in [0.1, 0.15) is 82.1 Å². The van der Waals surface area contributed by atoms with Crippen molar-refractivity contribution in [2.75, 3.05) is 21.3 Å². The highest BCUT2D eigenvalue weighted by atomic mass is 19.1. The minimum atomic E-state index is -0.319. The molecular formula is C34H43FO5. The molecule has 3 aromatic rings. The predicted octanol–water partition coefficient (Wildman–Crippen LogP) is 8.65. The first kappa shape index (κ1) is 31.2. The fraction of sp³-hybridized carbons (Fsp3) is 0.441. The summed E-state index contributed by atoms with van der Waals surface area (Å²) in [7, 11) is 4.69. The van der Waals surface area contributed by atoms with E-state index < -0.39 is 0 Å². The van der Waals surface area contributed by atoms with E-state index in [1.54, 1.807) is 26.4 Å². The van der Waals surface area contributed by atoms with E-state index in [0.29, 0.717) is 24.3 Å².